The van der Waals surface area contributed by atoms with Gasteiger partial charge in [-0.05, 0) is 38.1 Å². The summed E-state index contributed by atoms with van der Waals surface area (Å²) in [5, 5.41) is 17.1. The van der Waals surface area contributed by atoms with E-state index in [0.717, 1.165) is 11.5 Å². The van der Waals surface area contributed by atoms with Gasteiger partial charge in [0.2, 0.25) is 5.78 Å². The van der Waals surface area contributed by atoms with Gasteiger partial charge in [0.25, 0.3) is 5.91 Å². The van der Waals surface area contributed by atoms with Crippen LogP contribution < -0.4 is 10.6 Å². The molecular weight excluding hydrogens is 398 g/mol. The zero-order valence-corrected chi connectivity index (χ0v) is 17.7. The Kier molecular flexibility index (Phi) is 3.99. The molecule has 1 amide bonds. The molecule has 1 unspecified atom stereocenters. The molecule has 1 saturated heterocycles. The van der Waals surface area contributed by atoms with E-state index >= 15 is 0 Å². The van der Waals surface area contributed by atoms with Crippen molar-refractivity contribution in [2.45, 2.75) is 19.9 Å². The summed E-state index contributed by atoms with van der Waals surface area (Å²) in [6.07, 6.45) is 0. The van der Waals surface area contributed by atoms with Crippen LogP contribution in [0.4, 0.5) is 5.69 Å². The number of para-hydroxylation sites is 1. The number of phenolic OH excluding ortho intramolecular Hbond substituents is 1. The summed E-state index contributed by atoms with van der Waals surface area (Å²) in [6, 6.07) is 8.45. The molecule has 1 aromatic carbocycles. The Labute approximate surface area is 179 Å². The van der Waals surface area contributed by atoms with Crippen molar-refractivity contribution in [2.24, 2.45) is 5.41 Å². The minimum atomic E-state index is -0.371. The van der Waals surface area contributed by atoms with E-state index in [4.69, 9.17) is 9.15 Å². The van der Waals surface area contributed by atoms with Crippen LogP contribution in [0.25, 0.3) is 0 Å². The summed E-state index contributed by atoms with van der Waals surface area (Å²) in [6.45, 7) is 4.42. The fourth-order valence-corrected chi connectivity index (χ4v) is 4.33. The predicted octanol–water partition coefficient (Wildman–Crippen LogP) is 2.84. The molecule has 31 heavy (non-hydrogen) atoms. The lowest BCUT2D eigenvalue weighted by molar-refractivity contribution is -0.116. The number of carbonyl (C=O) groups excluding carboxylic acids is 2. The van der Waals surface area contributed by atoms with Crippen LogP contribution in [0, 0.1) is 12.3 Å². The topological polar surface area (TPSA) is 104 Å². The number of fused-ring (bicyclic) bond motifs is 2. The minimum absolute atomic E-state index is 0.154. The third kappa shape index (κ3) is 2.60. The highest BCUT2D eigenvalue weighted by Crippen LogP contribution is 2.56. The van der Waals surface area contributed by atoms with Gasteiger partial charge in [-0.1, -0.05) is 6.07 Å². The normalized spacial score (nSPS) is 23.7. The highest BCUT2D eigenvalue weighted by atomic mass is 16.5. The Balaban J connectivity index is 1.53. The van der Waals surface area contributed by atoms with Crippen LogP contribution in [-0.2, 0) is 9.53 Å². The van der Waals surface area contributed by atoms with Gasteiger partial charge in [-0.15, -0.1) is 0 Å². The molecule has 0 radical (unpaired) electrons. The minimum Gasteiger partial charge on any atom is -0.505 e. The summed E-state index contributed by atoms with van der Waals surface area (Å²) >= 11 is 0. The number of aromatic hydroxyl groups is 1. The first-order chi connectivity index (χ1) is 14.7. The van der Waals surface area contributed by atoms with Gasteiger partial charge in [0.15, 0.2) is 5.75 Å². The number of anilines is 1. The number of ketones is 1. The van der Waals surface area contributed by atoms with E-state index < -0.39 is 0 Å². The summed E-state index contributed by atoms with van der Waals surface area (Å²) in [5.41, 5.74) is 1.53. The van der Waals surface area contributed by atoms with Gasteiger partial charge in [0, 0.05) is 14.1 Å². The first kappa shape index (κ1) is 19.3. The van der Waals surface area contributed by atoms with E-state index in [9.17, 15) is 14.7 Å². The number of carbonyl (C=O) groups is 2. The lowest BCUT2D eigenvalue weighted by Gasteiger charge is -2.53. The molecule has 0 bridgehead atoms. The van der Waals surface area contributed by atoms with E-state index in [2.05, 4.69) is 10.6 Å². The molecule has 2 aromatic rings. The van der Waals surface area contributed by atoms with E-state index in [0.29, 0.717) is 29.3 Å². The number of benzene rings is 1. The number of hydrogen-bond donors (Lipinski definition) is 3. The molecule has 8 heteroatoms. The second-order valence-electron chi connectivity index (χ2n) is 8.54. The maximum Gasteiger partial charge on any atom is 0.257 e. The molecule has 160 valence electrons. The number of hydrogen-bond acceptors (Lipinski definition) is 7. The fraction of sp³-hybridized carbons (Fsp3) is 0.304. The Morgan fingerprint density at radius 2 is 2.06 bits per heavy atom. The third-order valence-electron chi connectivity index (χ3n) is 6.12. The number of phenols is 1. The average molecular weight is 421 g/mol. The summed E-state index contributed by atoms with van der Waals surface area (Å²) in [5.74, 6) is 1.51. The van der Waals surface area contributed by atoms with Crippen molar-refractivity contribution >= 4 is 17.4 Å². The molecule has 3 N–H and O–H groups in total. The van der Waals surface area contributed by atoms with Crippen LogP contribution in [0.1, 0.15) is 34.8 Å². The largest absolute Gasteiger partial charge is 0.505 e. The standard InChI is InChI=1S/C23H23N3O5/c1-11-8-9-14(31-11)20-23(2)10-30-21(23)15-16(25-20)17(19(15)28)24-13-7-5-6-12(18(13)27)22(29)26(3)4/h5-9,20,24-25,27H,10H2,1-4H3/t20-,23?/m0/s1. The maximum absolute atomic E-state index is 12.9. The number of rotatable bonds is 4. The van der Waals surface area contributed by atoms with Crippen LogP contribution in [0.15, 0.2) is 57.5 Å². The number of allylic oxidation sites excluding steroid dienone is 2. The highest BCUT2D eigenvalue weighted by molar-refractivity contribution is 6.22. The highest BCUT2D eigenvalue weighted by Gasteiger charge is 2.58. The summed E-state index contributed by atoms with van der Waals surface area (Å²) < 4.78 is 11.6. The molecule has 3 heterocycles. The Hall–Kier alpha value is -3.68. The number of ether oxygens (including phenoxy) is 1. The van der Waals surface area contributed by atoms with Crippen molar-refractivity contribution in [3.63, 3.8) is 0 Å². The Morgan fingerprint density at radius 3 is 2.68 bits per heavy atom. The molecule has 0 saturated carbocycles. The van der Waals surface area contributed by atoms with Gasteiger partial charge in [-0.25, -0.2) is 0 Å². The van der Waals surface area contributed by atoms with E-state index in [1.807, 2.05) is 26.0 Å². The van der Waals surface area contributed by atoms with Crippen molar-refractivity contribution in [3.8, 4) is 5.75 Å². The van der Waals surface area contributed by atoms with Crippen LogP contribution in [0.2, 0.25) is 0 Å². The second kappa shape index (κ2) is 6.41. The smallest absolute Gasteiger partial charge is 0.257 e. The van der Waals surface area contributed by atoms with Crippen molar-refractivity contribution in [1.82, 2.24) is 10.2 Å². The maximum atomic E-state index is 12.9. The number of nitrogens with zero attached hydrogens (tertiary/aromatic N) is 1. The third-order valence-corrected chi connectivity index (χ3v) is 6.12. The molecule has 0 spiro atoms. The monoisotopic (exact) mass is 421 g/mol. The number of nitrogens with one attached hydrogen (secondary N) is 2. The van der Waals surface area contributed by atoms with E-state index in [1.54, 1.807) is 32.3 Å². The molecule has 3 aliphatic rings. The molecule has 1 aliphatic carbocycles. The number of aryl methyl sites for hydroxylation is 1. The Morgan fingerprint density at radius 1 is 1.29 bits per heavy atom. The van der Waals surface area contributed by atoms with Gasteiger partial charge in [0.05, 0.1) is 27.9 Å². The van der Waals surface area contributed by atoms with Crippen LogP contribution in [0.5, 0.6) is 5.75 Å². The molecule has 8 nitrogen and oxygen atoms in total. The van der Waals surface area contributed by atoms with Crippen molar-refractivity contribution in [3.05, 3.63) is 70.1 Å². The number of amides is 1. The lowest BCUT2D eigenvalue weighted by atomic mass is 9.68. The number of furan rings is 1. The molecule has 2 atom stereocenters. The van der Waals surface area contributed by atoms with Gasteiger partial charge in [0.1, 0.15) is 35.6 Å². The molecule has 1 fully saturated rings. The van der Waals surface area contributed by atoms with Crippen LogP contribution in [-0.4, -0.2) is 42.4 Å². The zero-order chi connectivity index (χ0) is 22.1. The summed E-state index contributed by atoms with van der Waals surface area (Å²) in [4.78, 5) is 26.6. The second-order valence-corrected chi connectivity index (χ2v) is 8.54. The molecule has 1 aromatic heterocycles. The molecule has 5 rings (SSSR count). The SMILES string of the molecule is Cc1ccc([C@@H]2NC3=C(Nc4cccc(C(=O)N(C)C)c4O)C(=O)C3=C3OCC32C)o1. The average Bonchev–Trinajstić information content (AvgIpc) is 3.16. The predicted molar refractivity (Wildman–Crippen MR) is 112 cm³/mol. The first-order valence-corrected chi connectivity index (χ1v) is 10.0. The fourth-order valence-electron chi connectivity index (χ4n) is 4.33. The van der Waals surface area contributed by atoms with Crippen molar-refractivity contribution in [1.29, 1.82) is 0 Å². The van der Waals surface area contributed by atoms with Crippen molar-refractivity contribution < 1.29 is 23.8 Å². The van der Waals surface area contributed by atoms with E-state index in [-0.39, 0.29) is 40.1 Å². The number of Topliss-reactive ketones (excluding diaryl/α,β-unsaturated/α-hetero) is 1. The van der Waals surface area contributed by atoms with E-state index in [1.165, 1.54) is 4.90 Å². The van der Waals surface area contributed by atoms with Crippen LogP contribution in [0.3, 0.4) is 0 Å². The quantitative estimate of drug-likeness (QED) is 0.652. The molecular formula is C23H23N3O5. The van der Waals surface area contributed by atoms with Gasteiger partial charge >= 0.3 is 0 Å². The zero-order valence-electron chi connectivity index (χ0n) is 17.7. The summed E-state index contributed by atoms with van der Waals surface area (Å²) in [7, 11) is 3.22. The van der Waals surface area contributed by atoms with Crippen LogP contribution >= 0.6 is 0 Å². The Bertz CT molecular complexity index is 1210. The van der Waals surface area contributed by atoms with Gasteiger partial charge in [-0.2, -0.15) is 0 Å². The van der Waals surface area contributed by atoms with Gasteiger partial charge in [-0.3, -0.25) is 9.59 Å². The first-order valence-electron chi connectivity index (χ1n) is 10.0. The molecule has 2 aliphatic heterocycles. The van der Waals surface area contributed by atoms with Crippen molar-refractivity contribution in [2.75, 3.05) is 26.0 Å². The van der Waals surface area contributed by atoms with Gasteiger partial charge < -0.3 is 29.8 Å². The lowest BCUT2D eigenvalue weighted by Crippen LogP contribution is -2.56.